The van der Waals surface area contributed by atoms with Crippen molar-refractivity contribution in [2.75, 3.05) is 0 Å². The van der Waals surface area contributed by atoms with Gasteiger partial charge in [-0.25, -0.2) is 4.79 Å². The molecule has 2 heterocycles. The van der Waals surface area contributed by atoms with Gasteiger partial charge in [0.2, 0.25) is 0 Å². The van der Waals surface area contributed by atoms with Crippen molar-refractivity contribution in [1.82, 2.24) is 25.4 Å². The van der Waals surface area contributed by atoms with E-state index in [0.29, 0.717) is 17.9 Å². The Morgan fingerprint density at radius 2 is 1.83 bits per heavy atom. The predicted molar refractivity (Wildman–Crippen MR) is 86.8 cm³/mol. The van der Waals surface area contributed by atoms with Crippen molar-refractivity contribution in [3.63, 3.8) is 0 Å². The Bertz CT molecular complexity index is 576. The molecule has 1 aromatic rings. The number of urea groups is 1. The van der Waals surface area contributed by atoms with Crippen LogP contribution in [0.1, 0.15) is 63.6 Å². The highest BCUT2D eigenvalue weighted by Gasteiger charge is 2.42. The summed E-state index contributed by atoms with van der Waals surface area (Å²) in [6.07, 6.45) is 7.20. The van der Waals surface area contributed by atoms with Gasteiger partial charge in [0.15, 0.2) is 5.82 Å². The first-order valence-electron chi connectivity index (χ1n) is 9.12. The first-order valence-corrected chi connectivity index (χ1v) is 9.12. The molecule has 1 aromatic heterocycles. The van der Waals surface area contributed by atoms with Crippen LogP contribution in [0.2, 0.25) is 0 Å². The third-order valence-corrected chi connectivity index (χ3v) is 5.43. The molecule has 0 bridgehead atoms. The summed E-state index contributed by atoms with van der Waals surface area (Å²) < 4.78 is 2.18. The van der Waals surface area contributed by atoms with E-state index in [2.05, 4.69) is 39.2 Å². The number of aromatic nitrogens is 3. The molecule has 2 N–H and O–H groups in total. The molecule has 0 aromatic carbocycles. The van der Waals surface area contributed by atoms with E-state index in [4.69, 9.17) is 0 Å². The van der Waals surface area contributed by atoms with Crippen molar-refractivity contribution >= 4 is 6.03 Å². The van der Waals surface area contributed by atoms with Crippen LogP contribution in [-0.4, -0.2) is 26.8 Å². The summed E-state index contributed by atoms with van der Waals surface area (Å²) in [5.41, 5.74) is 0. The highest BCUT2D eigenvalue weighted by atomic mass is 16.2. The number of aryl methyl sites for hydroxylation is 1. The van der Waals surface area contributed by atoms with Gasteiger partial charge in [-0.1, -0.05) is 13.8 Å². The molecule has 1 atom stereocenters. The van der Waals surface area contributed by atoms with Gasteiger partial charge in [-0.05, 0) is 49.9 Å². The molecule has 2 fully saturated rings. The average Bonchev–Trinajstić information content (AvgIpc) is 3.42. The van der Waals surface area contributed by atoms with E-state index in [-0.39, 0.29) is 18.0 Å². The summed E-state index contributed by atoms with van der Waals surface area (Å²) in [7, 11) is 0. The molecule has 1 unspecified atom stereocenters. The summed E-state index contributed by atoms with van der Waals surface area (Å²) >= 11 is 0. The third-order valence-electron chi connectivity index (χ3n) is 5.43. The molecule has 3 aliphatic rings. The van der Waals surface area contributed by atoms with Gasteiger partial charge in [-0.2, -0.15) is 0 Å². The highest BCUT2D eigenvalue weighted by molar-refractivity contribution is 5.75. The molecule has 2 saturated carbocycles. The first kappa shape index (κ1) is 15.0. The number of hydrogen-bond donors (Lipinski definition) is 2. The van der Waals surface area contributed by atoms with Crippen LogP contribution in [0.15, 0.2) is 0 Å². The molecule has 4 rings (SSSR count). The lowest BCUT2D eigenvalue weighted by molar-refractivity contribution is 0.224. The maximum Gasteiger partial charge on any atom is 0.315 e. The van der Waals surface area contributed by atoms with E-state index in [1.807, 2.05) is 0 Å². The molecular formula is C17H27N5O. The van der Waals surface area contributed by atoms with Gasteiger partial charge in [0.05, 0.1) is 6.04 Å². The summed E-state index contributed by atoms with van der Waals surface area (Å²) in [4.78, 5) is 12.5. The largest absolute Gasteiger partial charge is 0.335 e. The van der Waals surface area contributed by atoms with E-state index in [1.54, 1.807) is 0 Å². The second-order valence-electron chi connectivity index (χ2n) is 7.77. The van der Waals surface area contributed by atoms with Gasteiger partial charge in [0, 0.05) is 19.0 Å². The quantitative estimate of drug-likeness (QED) is 0.846. The van der Waals surface area contributed by atoms with Crippen LogP contribution >= 0.6 is 0 Å². The SMILES string of the molecule is CC(C)C(NC(=O)NC(C1CC1)C1CC1)c1nnc2n1CCC2. The zero-order valence-corrected chi connectivity index (χ0v) is 14.1. The van der Waals surface area contributed by atoms with Crippen LogP contribution in [0.3, 0.4) is 0 Å². The summed E-state index contributed by atoms with van der Waals surface area (Å²) in [5.74, 6) is 3.68. The van der Waals surface area contributed by atoms with Crippen LogP contribution in [0, 0.1) is 17.8 Å². The molecule has 6 nitrogen and oxygen atoms in total. The van der Waals surface area contributed by atoms with Gasteiger partial charge < -0.3 is 15.2 Å². The highest BCUT2D eigenvalue weighted by Crippen LogP contribution is 2.44. The number of amides is 2. The van der Waals surface area contributed by atoms with E-state index < -0.39 is 0 Å². The fraction of sp³-hybridized carbons (Fsp3) is 0.824. The normalized spacial score (nSPS) is 21.6. The number of nitrogens with one attached hydrogen (secondary N) is 2. The molecule has 1 aliphatic heterocycles. The zero-order chi connectivity index (χ0) is 16.0. The van der Waals surface area contributed by atoms with Gasteiger partial charge in [-0.3, -0.25) is 0 Å². The molecule has 0 spiro atoms. The standard InChI is InChI=1S/C17H27N5O/c1-10(2)14(16-21-20-13-4-3-9-22(13)16)18-17(23)19-15(11-5-6-11)12-7-8-12/h10-12,14-15H,3-9H2,1-2H3,(H2,18,19,23). The molecule has 0 radical (unpaired) electrons. The average molecular weight is 317 g/mol. The van der Waals surface area contributed by atoms with Crippen molar-refractivity contribution in [1.29, 1.82) is 0 Å². The Morgan fingerprint density at radius 3 is 2.43 bits per heavy atom. The fourth-order valence-corrected chi connectivity index (χ4v) is 3.80. The Labute approximate surface area is 137 Å². The lowest BCUT2D eigenvalue weighted by Crippen LogP contribution is -2.46. The topological polar surface area (TPSA) is 71.8 Å². The number of fused-ring (bicyclic) bond motifs is 1. The minimum atomic E-state index is -0.0755. The van der Waals surface area contributed by atoms with E-state index >= 15 is 0 Å². The van der Waals surface area contributed by atoms with E-state index in [0.717, 1.165) is 31.0 Å². The second-order valence-corrected chi connectivity index (χ2v) is 7.77. The minimum absolute atomic E-state index is 0.0390. The molecule has 2 aliphatic carbocycles. The van der Waals surface area contributed by atoms with Crippen molar-refractivity contribution in [2.45, 2.75) is 71.0 Å². The van der Waals surface area contributed by atoms with E-state index in [1.165, 1.54) is 25.7 Å². The van der Waals surface area contributed by atoms with Crippen LogP contribution in [0.25, 0.3) is 0 Å². The summed E-state index contributed by atoms with van der Waals surface area (Å²) in [6.45, 7) is 5.22. The lowest BCUT2D eigenvalue weighted by atomic mass is 10.0. The number of rotatable bonds is 6. The molecule has 0 saturated heterocycles. The second kappa shape index (κ2) is 5.80. The Kier molecular flexibility index (Phi) is 3.77. The van der Waals surface area contributed by atoms with Crippen molar-refractivity contribution in [3.8, 4) is 0 Å². The van der Waals surface area contributed by atoms with Crippen molar-refractivity contribution < 1.29 is 4.79 Å². The lowest BCUT2D eigenvalue weighted by Gasteiger charge is -2.24. The van der Waals surface area contributed by atoms with Crippen LogP contribution < -0.4 is 10.6 Å². The van der Waals surface area contributed by atoms with Crippen molar-refractivity contribution in [3.05, 3.63) is 11.6 Å². The summed E-state index contributed by atoms with van der Waals surface area (Å²) in [6, 6.07) is 0.267. The maximum absolute atomic E-state index is 12.5. The smallest absolute Gasteiger partial charge is 0.315 e. The van der Waals surface area contributed by atoms with E-state index in [9.17, 15) is 4.79 Å². The maximum atomic E-state index is 12.5. The van der Waals surface area contributed by atoms with Crippen LogP contribution in [-0.2, 0) is 13.0 Å². The number of hydrogen-bond acceptors (Lipinski definition) is 3. The molecule has 6 heteroatoms. The number of carbonyl (C=O) groups is 1. The van der Waals surface area contributed by atoms with Crippen molar-refractivity contribution in [2.24, 2.45) is 17.8 Å². The molecule has 2 amide bonds. The number of nitrogens with zero attached hydrogens (tertiary/aromatic N) is 3. The fourth-order valence-electron chi connectivity index (χ4n) is 3.80. The Hall–Kier alpha value is -1.59. The summed E-state index contributed by atoms with van der Waals surface area (Å²) in [5, 5.41) is 15.1. The Morgan fingerprint density at radius 1 is 1.13 bits per heavy atom. The zero-order valence-electron chi connectivity index (χ0n) is 14.1. The molecule has 23 heavy (non-hydrogen) atoms. The third kappa shape index (κ3) is 3.08. The first-order chi connectivity index (χ1) is 11.1. The van der Waals surface area contributed by atoms with Gasteiger partial charge >= 0.3 is 6.03 Å². The van der Waals surface area contributed by atoms with Crippen LogP contribution in [0.4, 0.5) is 4.79 Å². The van der Waals surface area contributed by atoms with Crippen LogP contribution in [0.5, 0.6) is 0 Å². The molecule has 126 valence electrons. The van der Waals surface area contributed by atoms with Gasteiger partial charge in [0.1, 0.15) is 5.82 Å². The van der Waals surface area contributed by atoms with Gasteiger partial charge in [-0.15, -0.1) is 10.2 Å². The number of carbonyl (C=O) groups excluding carboxylic acids is 1. The molecular weight excluding hydrogens is 290 g/mol. The van der Waals surface area contributed by atoms with Gasteiger partial charge in [0.25, 0.3) is 0 Å². The predicted octanol–water partition coefficient (Wildman–Crippen LogP) is 2.41. The monoisotopic (exact) mass is 317 g/mol. The minimum Gasteiger partial charge on any atom is -0.335 e. The Balaban J connectivity index is 1.44.